The van der Waals surface area contributed by atoms with E-state index in [2.05, 4.69) is 55.3 Å². The van der Waals surface area contributed by atoms with Gasteiger partial charge in [-0.05, 0) is 50.1 Å². The number of nitrogens with zero attached hydrogens (tertiary/aromatic N) is 2. The number of halogens is 6. The Labute approximate surface area is 297 Å². The van der Waals surface area contributed by atoms with Gasteiger partial charge in [-0.1, -0.05) is 24.3 Å². The number of rotatable bonds is 4. The Morgan fingerprint density at radius 1 is 0.419 bits per heavy atom. The first-order chi connectivity index (χ1) is 18.4. The highest BCUT2D eigenvalue weighted by atomic mass is 35.5. The van der Waals surface area contributed by atoms with Crippen LogP contribution in [0.5, 0.6) is 0 Å². The lowest BCUT2D eigenvalue weighted by Gasteiger charge is -2.24. The molecule has 2 fully saturated rings. The van der Waals surface area contributed by atoms with Crippen LogP contribution in [0.1, 0.15) is 24.0 Å². The quantitative estimate of drug-likeness (QED) is 0.373. The van der Waals surface area contributed by atoms with Crippen molar-refractivity contribution < 1.29 is 14.2 Å². The second-order valence-corrected chi connectivity index (χ2v) is 9.91. The van der Waals surface area contributed by atoms with E-state index in [1.165, 1.54) is 24.0 Å². The third kappa shape index (κ3) is 26.4. The molecule has 9 nitrogen and oxygen atoms in total. The third-order valence-corrected chi connectivity index (χ3v) is 6.78. The van der Waals surface area contributed by atoms with Gasteiger partial charge in [0.15, 0.2) is 0 Å². The van der Waals surface area contributed by atoms with E-state index in [1.54, 1.807) is 0 Å². The van der Waals surface area contributed by atoms with Crippen molar-refractivity contribution in [1.29, 1.82) is 0 Å². The van der Waals surface area contributed by atoms with Crippen molar-refractivity contribution in [3.8, 4) is 0 Å². The standard InChI is InChI=1S/C28H52N6O3.6ClH/c1-7-29-10-11-30-9-2-15-33(16-12-31-8-1)25-27-3-5-28(6-4-27)26-34-17-21-35-19-13-32-14-20-36-23-24-37-22-18-34;;;;;;/h3-6,29-32H,1-2,7-26H2;6*1H. The maximum absolute atomic E-state index is 5.84. The molecule has 2 heterocycles. The molecule has 15 heteroatoms. The minimum atomic E-state index is 0. The van der Waals surface area contributed by atoms with Gasteiger partial charge in [0.1, 0.15) is 0 Å². The van der Waals surface area contributed by atoms with Gasteiger partial charge in [0.05, 0.1) is 39.6 Å². The number of hydrogen-bond acceptors (Lipinski definition) is 9. The molecule has 0 amide bonds. The molecule has 1 aromatic carbocycles. The SMILES string of the molecule is Cl.Cl.Cl.Cl.Cl.Cl.c1cc(CN2CCOCCNCCOCCOCC2)ccc1CN1CCCNCCNCCCNCC1. The van der Waals surface area contributed by atoms with E-state index < -0.39 is 0 Å². The smallest absolute Gasteiger partial charge is 0.0701 e. The molecule has 4 N–H and O–H groups in total. The Morgan fingerprint density at radius 2 is 0.837 bits per heavy atom. The average molecular weight is 740 g/mol. The van der Waals surface area contributed by atoms with Gasteiger partial charge in [-0.15, -0.1) is 74.4 Å². The second-order valence-electron chi connectivity index (χ2n) is 9.91. The molecule has 0 saturated carbocycles. The van der Waals surface area contributed by atoms with Gasteiger partial charge in [0, 0.05) is 65.4 Å². The molecule has 0 spiro atoms. The molecule has 3 rings (SSSR count). The van der Waals surface area contributed by atoms with Crippen molar-refractivity contribution in [2.24, 2.45) is 0 Å². The summed E-state index contributed by atoms with van der Waals surface area (Å²) < 4.78 is 17.2. The summed E-state index contributed by atoms with van der Waals surface area (Å²) in [6.45, 7) is 18.3. The average Bonchev–Trinajstić information content (AvgIpc) is 2.92. The number of hydrogen-bond donors (Lipinski definition) is 4. The van der Waals surface area contributed by atoms with Crippen LogP contribution in [0, 0.1) is 0 Å². The molecule has 2 saturated heterocycles. The zero-order chi connectivity index (χ0) is 25.6. The molecule has 1 aromatic rings. The van der Waals surface area contributed by atoms with Crippen LogP contribution in [0.15, 0.2) is 24.3 Å². The molecule has 0 atom stereocenters. The van der Waals surface area contributed by atoms with Crippen LogP contribution >= 0.6 is 74.4 Å². The van der Waals surface area contributed by atoms with Crippen LogP contribution in [-0.4, -0.2) is 128 Å². The summed E-state index contributed by atoms with van der Waals surface area (Å²) in [6, 6.07) is 9.20. The monoisotopic (exact) mass is 736 g/mol. The Kier molecular flexibility index (Phi) is 41.6. The van der Waals surface area contributed by atoms with E-state index in [-0.39, 0.29) is 74.4 Å². The summed E-state index contributed by atoms with van der Waals surface area (Å²) in [4.78, 5) is 5.02. The number of ether oxygens (including phenoxy) is 3. The maximum atomic E-state index is 5.84. The van der Waals surface area contributed by atoms with Gasteiger partial charge >= 0.3 is 0 Å². The predicted molar refractivity (Wildman–Crippen MR) is 194 cm³/mol. The molecule has 2 aliphatic rings. The number of nitrogens with one attached hydrogen (secondary N) is 4. The van der Waals surface area contributed by atoms with Gasteiger partial charge in [-0.25, -0.2) is 0 Å². The van der Waals surface area contributed by atoms with Crippen molar-refractivity contribution in [2.45, 2.75) is 25.9 Å². The lowest BCUT2D eigenvalue weighted by atomic mass is 10.1. The fourth-order valence-corrected chi connectivity index (χ4v) is 4.59. The first-order valence-corrected chi connectivity index (χ1v) is 14.5. The molecule has 0 unspecified atom stereocenters. The van der Waals surface area contributed by atoms with E-state index in [0.717, 1.165) is 111 Å². The molecule has 260 valence electrons. The Morgan fingerprint density at radius 3 is 1.40 bits per heavy atom. The van der Waals surface area contributed by atoms with Gasteiger partial charge in [-0.2, -0.15) is 0 Å². The van der Waals surface area contributed by atoms with E-state index >= 15 is 0 Å². The van der Waals surface area contributed by atoms with E-state index in [1.807, 2.05) is 0 Å². The first kappa shape index (κ1) is 50.5. The van der Waals surface area contributed by atoms with Crippen molar-refractivity contribution in [2.75, 3.05) is 118 Å². The summed E-state index contributed by atoms with van der Waals surface area (Å²) in [5, 5.41) is 14.0. The van der Waals surface area contributed by atoms with Crippen LogP contribution in [0.25, 0.3) is 0 Å². The zero-order valence-electron chi connectivity index (χ0n) is 25.4. The zero-order valence-corrected chi connectivity index (χ0v) is 30.3. The highest BCUT2D eigenvalue weighted by molar-refractivity contribution is 5.86. The van der Waals surface area contributed by atoms with Gasteiger partial charge in [-0.3, -0.25) is 9.80 Å². The molecule has 2 aliphatic heterocycles. The molecular formula is C28H58Cl6N6O3. The molecule has 0 aliphatic carbocycles. The van der Waals surface area contributed by atoms with Gasteiger partial charge in [0.2, 0.25) is 0 Å². The van der Waals surface area contributed by atoms with Crippen molar-refractivity contribution >= 4 is 74.4 Å². The van der Waals surface area contributed by atoms with Crippen LogP contribution in [-0.2, 0) is 27.3 Å². The van der Waals surface area contributed by atoms with Crippen LogP contribution < -0.4 is 21.3 Å². The van der Waals surface area contributed by atoms with E-state index in [9.17, 15) is 0 Å². The summed E-state index contributed by atoms with van der Waals surface area (Å²) in [5.41, 5.74) is 2.73. The lowest BCUT2D eigenvalue weighted by molar-refractivity contribution is 0.0366. The lowest BCUT2D eigenvalue weighted by Crippen LogP contribution is -2.36. The summed E-state index contributed by atoms with van der Waals surface area (Å²) in [6.07, 6.45) is 2.36. The first-order valence-electron chi connectivity index (χ1n) is 14.5. The fraction of sp³-hybridized carbons (Fsp3) is 0.786. The van der Waals surface area contributed by atoms with E-state index in [0.29, 0.717) is 19.8 Å². The molecule has 0 bridgehead atoms. The molecule has 0 radical (unpaired) electrons. The van der Waals surface area contributed by atoms with Crippen molar-refractivity contribution in [3.05, 3.63) is 35.4 Å². The maximum Gasteiger partial charge on any atom is 0.0701 e. The van der Waals surface area contributed by atoms with Gasteiger partial charge in [0.25, 0.3) is 0 Å². The predicted octanol–water partition coefficient (Wildman–Crippen LogP) is 3.04. The summed E-state index contributed by atoms with van der Waals surface area (Å²) >= 11 is 0. The summed E-state index contributed by atoms with van der Waals surface area (Å²) in [5.74, 6) is 0. The van der Waals surface area contributed by atoms with Crippen molar-refractivity contribution in [1.82, 2.24) is 31.1 Å². The molecule has 0 aromatic heterocycles. The molecule has 43 heavy (non-hydrogen) atoms. The Bertz CT molecular complexity index is 661. The highest BCUT2D eigenvalue weighted by Gasteiger charge is 2.10. The van der Waals surface area contributed by atoms with E-state index in [4.69, 9.17) is 14.2 Å². The Hall–Kier alpha value is 0.600. The normalized spacial score (nSPS) is 19.7. The van der Waals surface area contributed by atoms with Crippen molar-refractivity contribution in [3.63, 3.8) is 0 Å². The minimum Gasteiger partial charge on any atom is -0.379 e. The second kappa shape index (κ2) is 35.5. The van der Waals surface area contributed by atoms with Crippen LogP contribution in [0.3, 0.4) is 0 Å². The van der Waals surface area contributed by atoms with Crippen LogP contribution in [0.2, 0.25) is 0 Å². The Balaban J connectivity index is -0.00000127. The summed E-state index contributed by atoms with van der Waals surface area (Å²) in [7, 11) is 0. The minimum absolute atomic E-state index is 0. The fourth-order valence-electron chi connectivity index (χ4n) is 4.59. The topological polar surface area (TPSA) is 82.3 Å². The molecular weight excluding hydrogens is 681 g/mol. The highest BCUT2D eigenvalue weighted by Crippen LogP contribution is 2.11. The third-order valence-electron chi connectivity index (χ3n) is 6.78. The van der Waals surface area contributed by atoms with Gasteiger partial charge < -0.3 is 35.5 Å². The number of benzene rings is 1. The largest absolute Gasteiger partial charge is 0.379 e. The van der Waals surface area contributed by atoms with Crippen LogP contribution in [0.4, 0.5) is 0 Å².